The van der Waals surface area contributed by atoms with E-state index in [0.717, 1.165) is 5.56 Å². The number of hydrogen-bond donors (Lipinski definition) is 2. The van der Waals surface area contributed by atoms with Gasteiger partial charge in [-0.25, -0.2) is 4.39 Å². The summed E-state index contributed by atoms with van der Waals surface area (Å²) in [5.41, 5.74) is 13.7. The third-order valence-electron chi connectivity index (χ3n) is 2.74. The second-order valence-electron chi connectivity index (χ2n) is 4.05. The zero-order valence-electron chi connectivity index (χ0n) is 9.61. The molecule has 0 spiro atoms. The fraction of sp³-hybridized carbons (Fsp3) is 0.154. The summed E-state index contributed by atoms with van der Waals surface area (Å²) < 4.78 is 14.4. The van der Waals surface area contributed by atoms with E-state index in [1.807, 2.05) is 0 Å². The molecule has 4 N–H and O–H groups in total. The molecule has 0 fully saturated rings. The van der Waals surface area contributed by atoms with Crippen LogP contribution in [0.15, 0.2) is 41.1 Å². The molecular formula is C13H13BrFN3. The van der Waals surface area contributed by atoms with Crippen molar-refractivity contribution in [3.8, 4) is 0 Å². The van der Waals surface area contributed by atoms with E-state index in [9.17, 15) is 4.39 Å². The largest absolute Gasteiger partial charge is 0.398 e. The molecule has 0 aliphatic carbocycles. The molecule has 94 valence electrons. The normalized spacial score (nSPS) is 12.4. The Morgan fingerprint density at radius 3 is 2.78 bits per heavy atom. The van der Waals surface area contributed by atoms with E-state index >= 15 is 0 Å². The van der Waals surface area contributed by atoms with E-state index in [-0.39, 0.29) is 5.82 Å². The van der Waals surface area contributed by atoms with Crippen LogP contribution < -0.4 is 11.5 Å². The van der Waals surface area contributed by atoms with Gasteiger partial charge >= 0.3 is 0 Å². The van der Waals surface area contributed by atoms with Gasteiger partial charge in [0.25, 0.3) is 0 Å². The summed E-state index contributed by atoms with van der Waals surface area (Å²) in [4.78, 5) is 3.99. The highest BCUT2D eigenvalue weighted by molar-refractivity contribution is 9.10. The first-order chi connectivity index (χ1) is 8.58. The molecule has 2 aromatic rings. The number of benzene rings is 1. The Kier molecular flexibility index (Phi) is 3.93. The van der Waals surface area contributed by atoms with Gasteiger partial charge in [0, 0.05) is 34.2 Å². The maximum absolute atomic E-state index is 13.7. The number of anilines is 1. The van der Waals surface area contributed by atoms with E-state index in [1.165, 1.54) is 6.07 Å². The lowest BCUT2D eigenvalue weighted by Crippen LogP contribution is -2.16. The lowest BCUT2D eigenvalue weighted by atomic mass is 9.99. The number of nitrogens with zero attached hydrogens (tertiary/aromatic N) is 1. The van der Waals surface area contributed by atoms with Crippen molar-refractivity contribution in [1.29, 1.82) is 0 Å². The second kappa shape index (κ2) is 5.46. The number of pyridine rings is 1. The maximum atomic E-state index is 13.7. The average Bonchev–Trinajstić information content (AvgIpc) is 2.32. The Hall–Kier alpha value is -1.46. The Morgan fingerprint density at radius 1 is 1.33 bits per heavy atom. The first-order valence-electron chi connectivity index (χ1n) is 5.47. The van der Waals surface area contributed by atoms with Gasteiger partial charge in [0.1, 0.15) is 5.82 Å². The highest BCUT2D eigenvalue weighted by atomic mass is 79.9. The van der Waals surface area contributed by atoms with Crippen LogP contribution in [0.5, 0.6) is 0 Å². The molecule has 1 atom stereocenters. The minimum atomic E-state index is -0.440. The van der Waals surface area contributed by atoms with Crippen molar-refractivity contribution in [3.05, 3.63) is 58.1 Å². The highest BCUT2D eigenvalue weighted by Crippen LogP contribution is 2.23. The first-order valence-corrected chi connectivity index (χ1v) is 6.26. The fourth-order valence-corrected chi connectivity index (χ4v) is 2.09. The topological polar surface area (TPSA) is 64.9 Å². The molecule has 0 aliphatic rings. The molecule has 18 heavy (non-hydrogen) atoms. The van der Waals surface area contributed by atoms with E-state index in [4.69, 9.17) is 11.5 Å². The van der Waals surface area contributed by atoms with Gasteiger partial charge in [-0.15, -0.1) is 0 Å². The van der Waals surface area contributed by atoms with Crippen LogP contribution in [0.4, 0.5) is 10.1 Å². The first kappa shape index (κ1) is 13.0. The van der Waals surface area contributed by atoms with E-state index in [0.29, 0.717) is 22.1 Å². The third kappa shape index (κ3) is 2.86. The molecule has 0 aliphatic heterocycles. The second-order valence-corrected chi connectivity index (χ2v) is 4.97. The smallest absolute Gasteiger partial charge is 0.129 e. The zero-order chi connectivity index (χ0) is 13.1. The van der Waals surface area contributed by atoms with Gasteiger partial charge in [-0.1, -0.05) is 22.0 Å². The average molecular weight is 310 g/mol. The summed E-state index contributed by atoms with van der Waals surface area (Å²) in [5.74, 6) is -0.320. The number of nitrogen functional groups attached to an aromatic ring is 1. The predicted octanol–water partition coefficient (Wildman–Crippen LogP) is 2.81. The molecule has 3 nitrogen and oxygen atoms in total. The third-order valence-corrected chi connectivity index (χ3v) is 3.24. The quantitative estimate of drug-likeness (QED) is 0.916. The summed E-state index contributed by atoms with van der Waals surface area (Å²) in [6, 6.07) is 6.12. The van der Waals surface area contributed by atoms with E-state index in [2.05, 4.69) is 20.9 Å². The van der Waals surface area contributed by atoms with Gasteiger partial charge in [-0.3, -0.25) is 4.98 Å². The lowest BCUT2D eigenvalue weighted by Gasteiger charge is -2.14. The summed E-state index contributed by atoms with van der Waals surface area (Å²) in [6.07, 6.45) is 3.73. The van der Waals surface area contributed by atoms with Crippen LogP contribution in [-0.2, 0) is 6.42 Å². The van der Waals surface area contributed by atoms with Crippen LogP contribution in [0.3, 0.4) is 0 Å². The molecule has 1 aromatic carbocycles. The molecule has 1 unspecified atom stereocenters. The van der Waals surface area contributed by atoms with Crippen LogP contribution in [0.1, 0.15) is 17.2 Å². The predicted molar refractivity (Wildman–Crippen MR) is 73.4 cm³/mol. The van der Waals surface area contributed by atoms with Crippen LogP contribution in [0.2, 0.25) is 0 Å². The molecule has 0 amide bonds. The Bertz CT molecular complexity index is 560. The molecule has 0 radical (unpaired) electrons. The summed E-state index contributed by atoms with van der Waals surface area (Å²) in [6.45, 7) is 0. The van der Waals surface area contributed by atoms with Crippen LogP contribution in [0.25, 0.3) is 0 Å². The zero-order valence-corrected chi connectivity index (χ0v) is 11.2. The van der Waals surface area contributed by atoms with Gasteiger partial charge in [-0.05, 0) is 30.2 Å². The molecule has 2 rings (SSSR count). The van der Waals surface area contributed by atoms with Crippen molar-refractivity contribution >= 4 is 21.6 Å². The Labute approximate surface area is 113 Å². The van der Waals surface area contributed by atoms with Gasteiger partial charge in [0.15, 0.2) is 0 Å². The molecule has 1 heterocycles. The molecular weight excluding hydrogens is 297 g/mol. The summed E-state index contributed by atoms with van der Waals surface area (Å²) >= 11 is 3.21. The van der Waals surface area contributed by atoms with Crippen molar-refractivity contribution in [2.75, 3.05) is 5.73 Å². The van der Waals surface area contributed by atoms with Gasteiger partial charge in [0.05, 0.1) is 0 Å². The van der Waals surface area contributed by atoms with Crippen molar-refractivity contribution in [2.45, 2.75) is 12.5 Å². The molecule has 0 saturated carbocycles. The maximum Gasteiger partial charge on any atom is 0.129 e. The monoisotopic (exact) mass is 309 g/mol. The van der Waals surface area contributed by atoms with Gasteiger partial charge in [-0.2, -0.15) is 0 Å². The van der Waals surface area contributed by atoms with E-state index < -0.39 is 6.04 Å². The molecule has 1 aromatic heterocycles. The standard InChI is InChI=1S/C13H13BrFN3/c14-9-1-2-10(11(15)6-9)13(17)5-8-7-18-4-3-12(8)16/h1-4,6-7,13H,5,17H2,(H2,16,18). The fourth-order valence-electron chi connectivity index (χ4n) is 1.76. The van der Waals surface area contributed by atoms with Gasteiger partial charge in [0.2, 0.25) is 0 Å². The van der Waals surface area contributed by atoms with Crippen LogP contribution in [-0.4, -0.2) is 4.98 Å². The summed E-state index contributed by atoms with van der Waals surface area (Å²) in [7, 11) is 0. The molecule has 0 bridgehead atoms. The molecule has 5 heteroatoms. The number of halogens is 2. The minimum Gasteiger partial charge on any atom is -0.398 e. The number of aromatic nitrogens is 1. The van der Waals surface area contributed by atoms with Crippen molar-refractivity contribution < 1.29 is 4.39 Å². The summed E-state index contributed by atoms with van der Waals surface area (Å²) in [5, 5.41) is 0. The van der Waals surface area contributed by atoms with Crippen LogP contribution in [0, 0.1) is 5.82 Å². The SMILES string of the molecule is Nc1ccncc1CC(N)c1ccc(Br)cc1F. The number of hydrogen-bond acceptors (Lipinski definition) is 3. The Balaban J connectivity index is 2.22. The van der Waals surface area contributed by atoms with Crippen molar-refractivity contribution in [2.24, 2.45) is 5.73 Å². The molecule has 0 saturated heterocycles. The number of nitrogens with two attached hydrogens (primary N) is 2. The number of rotatable bonds is 3. The highest BCUT2D eigenvalue weighted by Gasteiger charge is 2.13. The van der Waals surface area contributed by atoms with Crippen LogP contribution >= 0.6 is 15.9 Å². The van der Waals surface area contributed by atoms with Crippen molar-refractivity contribution in [3.63, 3.8) is 0 Å². The van der Waals surface area contributed by atoms with Crippen molar-refractivity contribution in [1.82, 2.24) is 4.98 Å². The van der Waals surface area contributed by atoms with E-state index in [1.54, 1.807) is 30.6 Å². The van der Waals surface area contributed by atoms with Gasteiger partial charge < -0.3 is 11.5 Å². The Morgan fingerprint density at radius 2 is 2.11 bits per heavy atom. The minimum absolute atomic E-state index is 0.320. The lowest BCUT2D eigenvalue weighted by molar-refractivity contribution is 0.579.